The van der Waals surface area contributed by atoms with Gasteiger partial charge in [-0.2, -0.15) is 0 Å². The number of phenols is 1. The summed E-state index contributed by atoms with van der Waals surface area (Å²) < 4.78 is 16.7. The molecule has 1 aliphatic heterocycles. The number of benzene rings is 3. The van der Waals surface area contributed by atoms with Gasteiger partial charge in [0.1, 0.15) is 34.5 Å². The second kappa shape index (κ2) is 7.99. The minimum Gasteiger partial charge on any atom is -0.507 e. The van der Waals surface area contributed by atoms with Crippen molar-refractivity contribution >= 4 is 27.8 Å². The number of para-hydroxylation sites is 1. The summed E-state index contributed by atoms with van der Waals surface area (Å²) in [5.74, 6) is -0.393. The van der Waals surface area contributed by atoms with Crippen molar-refractivity contribution in [3.63, 3.8) is 0 Å². The third-order valence-electron chi connectivity index (χ3n) is 6.41. The molecule has 6 rings (SSSR count). The van der Waals surface area contributed by atoms with Gasteiger partial charge in [-0.3, -0.25) is 14.6 Å². The summed E-state index contributed by atoms with van der Waals surface area (Å²) in [5.41, 5.74) is 2.82. The number of methoxy groups -OCH3 is 1. The number of aromatic hydroxyl groups is 1. The largest absolute Gasteiger partial charge is 0.507 e. The van der Waals surface area contributed by atoms with Gasteiger partial charge in [-0.05, 0) is 29.3 Å². The molecule has 2 aromatic heterocycles. The highest BCUT2D eigenvalue weighted by atomic mass is 16.5. The van der Waals surface area contributed by atoms with E-state index in [0.29, 0.717) is 22.4 Å². The van der Waals surface area contributed by atoms with E-state index < -0.39 is 11.9 Å². The standard InChI is InChI=1S/C28H19NO6/c1-33-17-9-7-15(8-10-17)20-14-34-28-24-19(18-6-2-4-16-5-3-11-29-26(16)18)12-23(31)35-22(24)13-21(30)25(28)27(20)32/h2-11,13-14,19,30H,12H2,1H3/t19-/m0/s1. The lowest BCUT2D eigenvalue weighted by molar-refractivity contribution is -0.135. The quantitative estimate of drug-likeness (QED) is 0.290. The molecule has 3 heterocycles. The average molecular weight is 465 g/mol. The number of carbonyl (C=O) groups excluding carboxylic acids is 1. The third-order valence-corrected chi connectivity index (χ3v) is 6.41. The van der Waals surface area contributed by atoms with E-state index in [-0.39, 0.29) is 34.3 Å². The van der Waals surface area contributed by atoms with Crippen molar-refractivity contribution in [3.05, 3.63) is 94.5 Å². The number of ether oxygens (including phenoxy) is 2. The maximum Gasteiger partial charge on any atom is 0.312 e. The number of hydrogen-bond acceptors (Lipinski definition) is 7. The van der Waals surface area contributed by atoms with Gasteiger partial charge in [0.25, 0.3) is 0 Å². The van der Waals surface area contributed by atoms with Crippen molar-refractivity contribution in [1.82, 2.24) is 4.98 Å². The molecule has 0 radical (unpaired) electrons. The van der Waals surface area contributed by atoms with E-state index in [9.17, 15) is 14.7 Å². The van der Waals surface area contributed by atoms with Gasteiger partial charge in [0.15, 0.2) is 0 Å². The van der Waals surface area contributed by atoms with Gasteiger partial charge in [0, 0.05) is 29.1 Å². The van der Waals surface area contributed by atoms with Crippen LogP contribution in [0.25, 0.3) is 33.0 Å². The van der Waals surface area contributed by atoms with E-state index in [1.165, 1.54) is 12.3 Å². The molecule has 1 aliphatic rings. The van der Waals surface area contributed by atoms with Crippen LogP contribution in [0.5, 0.6) is 17.2 Å². The van der Waals surface area contributed by atoms with Crippen LogP contribution in [0.1, 0.15) is 23.5 Å². The maximum absolute atomic E-state index is 13.5. The first kappa shape index (κ1) is 20.9. The molecule has 0 spiro atoms. The Morgan fingerprint density at radius 2 is 1.86 bits per heavy atom. The van der Waals surface area contributed by atoms with Crippen LogP contribution in [0.2, 0.25) is 0 Å². The summed E-state index contributed by atoms with van der Waals surface area (Å²) >= 11 is 0. The summed E-state index contributed by atoms with van der Waals surface area (Å²) in [6, 6.07) is 17.9. The molecule has 0 aliphatic carbocycles. The Balaban J connectivity index is 1.61. The highest BCUT2D eigenvalue weighted by Gasteiger charge is 2.34. The van der Waals surface area contributed by atoms with Gasteiger partial charge in [0.2, 0.25) is 5.43 Å². The predicted molar refractivity (Wildman–Crippen MR) is 130 cm³/mol. The van der Waals surface area contributed by atoms with Gasteiger partial charge >= 0.3 is 5.97 Å². The highest BCUT2D eigenvalue weighted by Crippen LogP contribution is 2.46. The number of phenolic OH excluding ortho intramolecular Hbond substituents is 1. The average Bonchev–Trinajstić information content (AvgIpc) is 2.88. The first-order valence-corrected chi connectivity index (χ1v) is 11.1. The van der Waals surface area contributed by atoms with Crippen LogP contribution < -0.4 is 14.9 Å². The molecule has 1 N–H and O–H groups in total. The molecule has 0 amide bonds. The van der Waals surface area contributed by atoms with Crippen LogP contribution in [0, 0.1) is 0 Å². The Hall–Kier alpha value is -4.65. The molecule has 5 aromatic rings. The van der Waals surface area contributed by atoms with Crippen LogP contribution in [-0.2, 0) is 4.79 Å². The second-order valence-electron chi connectivity index (χ2n) is 8.37. The van der Waals surface area contributed by atoms with Crippen LogP contribution in [0.3, 0.4) is 0 Å². The zero-order valence-corrected chi connectivity index (χ0v) is 18.6. The normalized spacial score (nSPS) is 15.1. The molecular weight excluding hydrogens is 446 g/mol. The van der Waals surface area contributed by atoms with Crippen LogP contribution in [0.4, 0.5) is 0 Å². The first-order chi connectivity index (χ1) is 17.0. The summed E-state index contributed by atoms with van der Waals surface area (Å²) in [7, 11) is 1.56. The smallest absolute Gasteiger partial charge is 0.312 e. The van der Waals surface area contributed by atoms with Crippen molar-refractivity contribution < 1.29 is 23.8 Å². The monoisotopic (exact) mass is 465 g/mol. The van der Waals surface area contributed by atoms with Crippen molar-refractivity contribution in [1.29, 1.82) is 0 Å². The highest BCUT2D eigenvalue weighted by molar-refractivity contribution is 5.95. The summed E-state index contributed by atoms with van der Waals surface area (Å²) in [6.45, 7) is 0. The molecule has 0 saturated heterocycles. The van der Waals surface area contributed by atoms with E-state index in [0.717, 1.165) is 16.5 Å². The molecule has 3 aromatic carbocycles. The predicted octanol–water partition coefficient (Wildman–Crippen LogP) is 5.16. The zero-order chi connectivity index (χ0) is 24.1. The molecule has 7 nitrogen and oxygen atoms in total. The number of hydrogen-bond donors (Lipinski definition) is 1. The SMILES string of the molecule is COc1ccc(-c2coc3c4c(cc(O)c3c2=O)OC(=O)C[C@H]4c2cccc3cccnc23)cc1. The summed E-state index contributed by atoms with van der Waals surface area (Å²) in [6.07, 6.45) is 3.12. The van der Waals surface area contributed by atoms with E-state index >= 15 is 0 Å². The molecule has 7 heteroatoms. The number of fused-ring (bicyclic) bond motifs is 4. The molecule has 172 valence electrons. The number of nitrogens with zero attached hydrogens (tertiary/aromatic N) is 1. The molecular formula is C28H19NO6. The van der Waals surface area contributed by atoms with Crippen molar-refractivity contribution in [2.45, 2.75) is 12.3 Å². The zero-order valence-electron chi connectivity index (χ0n) is 18.6. The van der Waals surface area contributed by atoms with E-state index in [1.54, 1.807) is 37.6 Å². The minimum atomic E-state index is -0.470. The fraction of sp³-hybridized carbons (Fsp3) is 0.107. The summed E-state index contributed by atoms with van der Waals surface area (Å²) in [4.78, 5) is 30.6. The molecule has 1 atom stereocenters. The number of rotatable bonds is 3. The van der Waals surface area contributed by atoms with E-state index in [1.807, 2.05) is 30.3 Å². The van der Waals surface area contributed by atoms with Gasteiger partial charge in [-0.1, -0.05) is 36.4 Å². The van der Waals surface area contributed by atoms with Crippen LogP contribution >= 0.6 is 0 Å². The number of pyridine rings is 1. The van der Waals surface area contributed by atoms with Gasteiger partial charge in [0.05, 0.1) is 24.6 Å². The number of esters is 1. The Morgan fingerprint density at radius 1 is 1.06 bits per heavy atom. The third kappa shape index (κ3) is 3.32. The Morgan fingerprint density at radius 3 is 2.66 bits per heavy atom. The van der Waals surface area contributed by atoms with Crippen LogP contribution in [-0.4, -0.2) is 23.2 Å². The van der Waals surface area contributed by atoms with E-state index in [4.69, 9.17) is 13.9 Å². The summed E-state index contributed by atoms with van der Waals surface area (Å²) in [5, 5.41) is 11.8. The Kier molecular flexibility index (Phi) is 4.77. The lowest BCUT2D eigenvalue weighted by atomic mass is 9.84. The topological polar surface area (TPSA) is 98.9 Å². The fourth-order valence-electron chi connectivity index (χ4n) is 4.78. The van der Waals surface area contributed by atoms with Crippen molar-refractivity contribution in [2.24, 2.45) is 0 Å². The molecule has 35 heavy (non-hydrogen) atoms. The van der Waals surface area contributed by atoms with Crippen LogP contribution in [0.15, 0.2) is 82.3 Å². The lowest BCUT2D eigenvalue weighted by Gasteiger charge is -2.26. The second-order valence-corrected chi connectivity index (χ2v) is 8.37. The molecule has 0 bridgehead atoms. The number of carbonyl (C=O) groups is 1. The van der Waals surface area contributed by atoms with E-state index in [2.05, 4.69) is 4.98 Å². The first-order valence-electron chi connectivity index (χ1n) is 11.1. The van der Waals surface area contributed by atoms with Crippen molar-refractivity contribution in [2.75, 3.05) is 7.11 Å². The van der Waals surface area contributed by atoms with Gasteiger partial charge in [-0.15, -0.1) is 0 Å². The fourth-order valence-corrected chi connectivity index (χ4v) is 4.78. The lowest BCUT2D eigenvalue weighted by Crippen LogP contribution is -2.22. The minimum absolute atomic E-state index is 0.0354. The van der Waals surface area contributed by atoms with Gasteiger partial charge < -0.3 is 19.0 Å². The Labute approximate surface area is 199 Å². The molecule has 0 saturated carbocycles. The number of aromatic nitrogens is 1. The van der Waals surface area contributed by atoms with Gasteiger partial charge in [-0.25, -0.2) is 0 Å². The molecule has 0 unspecified atom stereocenters. The molecule has 0 fully saturated rings. The maximum atomic E-state index is 13.5. The Bertz CT molecular complexity index is 1680. The van der Waals surface area contributed by atoms with Crippen molar-refractivity contribution in [3.8, 4) is 28.4 Å².